The molecule has 7 nitrogen and oxygen atoms in total. The number of guanidine groups is 1. The molecule has 0 spiro atoms. The maximum absolute atomic E-state index is 10.5. The first kappa shape index (κ1) is 23.2. The molecule has 3 N–H and O–H groups in total. The Balaban J connectivity index is 0.00000338. The van der Waals surface area contributed by atoms with Crippen molar-refractivity contribution in [1.29, 1.82) is 0 Å². The summed E-state index contributed by atoms with van der Waals surface area (Å²) in [6, 6.07) is 3.53. The van der Waals surface area contributed by atoms with Gasteiger partial charge in [-0.15, -0.1) is 24.0 Å². The highest BCUT2D eigenvalue weighted by Gasteiger charge is 2.26. The summed E-state index contributed by atoms with van der Waals surface area (Å²) in [4.78, 5) is 6.94. The number of halogens is 1. The van der Waals surface area contributed by atoms with Crippen molar-refractivity contribution < 1.29 is 14.3 Å². The van der Waals surface area contributed by atoms with Crippen LogP contribution in [0.2, 0.25) is 0 Å². The number of hydrogen-bond donors (Lipinski definition) is 3. The van der Waals surface area contributed by atoms with Crippen molar-refractivity contribution in [2.24, 2.45) is 10.9 Å². The Hall–Kier alpha value is -0.840. The summed E-state index contributed by atoms with van der Waals surface area (Å²) in [6.45, 7) is 12.5. The van der Waals surface area contributed by atoms with E-state index in [4.69, 9.17) is 9.15 Å². The summed E-state index contributed by atoms with van der Waals surface area (Å²) in [6.07, 6.45) is 1.56. The number of aliphatic hydroxyl groups is 1. The van der Waals surface area contributed by atoms with Crippen LogP contribution in [0.4, 0.5) is 0 Å². The van der Waals surface area contributed by atoms with E-state index in [9.17, 15) is 5.11 Å². The van der Waals surface area contributed by atoms with Gasteiger partial charge in [-0.2, -0.15) is 0 Å². The summed E-state index contributed by atoms with van der Waals surface area (Å²) in [5, 5.41) is 17.1. The summed E-state index contributed by atoms with van der Waals surface area (Å²) in [5.74, 6) is 1.73. The molecule has 2 rings (SSSR count). The highest BCUT2D eigenvalue weighted by Crippen LogP contribution is 2.21. The van der Waals surface area contributed by atoms with Crippen LogP contribution in [0.5, 0.6) is 0 Å². The molecule has 150 valence electrons. The molecule has 8 heteroatoms. The highest BCUT2D eigenvalue weighted by atomic mass is 127. The molecule has 0 bridgehead atoms. The van der Waals surface area contributed by atoms with Crippen LogP contribution in [-0.2, 0) is 10.3 Å². The smallest absolute Gasteiger partial charge is 0.191 e. The van der Waals surface area contributed by atoms with Gasteiger partial charge >= 0.3 is 0 Å². The standard InChI is InChI=1S/C18H32N4O3.HI/c1-4-19-17(21-14-18(3,23)16-6-5-9-25-16)20-12-15(2)13-22-7-10-24-11-8-22;/h5-6,9,15,23H,4,7-8,10-14H2,1-3H3,(H2,19,20,21);1H. The van der Waals surface area contributed by atoms with E-state index in [1.165, 1.54) is 0 Å². The Morgan fingerprint density at radius 1 is 1.38 bits per heavy atom. The minimum atomic E-state index is -1.12. The summed E-state index contributed by atoms with van der Waals surface area (Å²) >= 11 is 0. The zero-order chi connectivity index (χ0) is 18.1. The van der Waals surface area contributed by atoms with Crippen LogP contribution in [0.3, 0.4) is 0 Å². The van der Waals surface area contributed by atoms with Crippen molar-refractivity contribution in [2.75, 3.05) is 52.5 Å². The van der Waals surface area contributed by atoms with Gasteiger partial charge < -0.3 is 24.9 Å². The van der Waals surface area contributed by atoms with Crippen molar-refractivity contribution >= 4 is 29.9 Å². The lowest BCUT2D eigenvalue weighted by atomic mass is 10.0. The van der Waals surface area contributed by atoms with Gasteiger partial charge in [-0.25, -0.2) is 4.99 Å². The number of aliphatic imine (C=N–C) groups is 1. The quantitative estimate of drug-likeness (QED) is 0.298. The Morgan fingerprint density at radius 2 is 2.12 bits per heavy atom. The van der Waals surface area contributed by atoms with E-state index < -0.39 is 5.60 Å². The predicted octanol–water partition coefficient (Wildman–Crippen LogP) is 1.63. The molecule has 0 aromatic carbocycles. The molecule has 0 radical (unpaired) electrons. The molecule has 26 heavy (non-hydrogen) atoms. The SMILES string of the molecule is CCNC(=NCC(C)(O)c1ccco1)NCC(C)CN1CCOCC1.I. The molecular weight excluding hydrogens is 447 g/mol. The molecule has 2 atom stereocenters. The fourth-order valence-corrected chi connectivity index (χ4v) is 2.80. The maximum atomic E-state index is 10.5. The molecule has 2 unspecified atom stereocenters. The zero-order valence-electron chi connectivity index (χ0n) is 16.0. The Morgan fingerprint density at radius 3 is 2.73 bits per heavy atom. The first-order valence-electron chi connectivity index (χ1n) is 9.10. The molecular formula is C18H33IN4O3. The van der Waals surface area contributed by atoms with Gasteiger partial charge in [-0.3, -0.25) is 4.90 Å². The van der Waals surface area contributed by atoms with Crippen LogP contribution >= 0.6 is 24.0 Å². The van der Waals surface area contributed by atoms with Gasteiger partial charge in [0.25, 0.3) is 0 Å². The van der Waals surface area contributed by atoms with Crippen molar-refractivity contribution in [3.8, 4) is 0 Å². The number of furan rings is 1. The Bertz CT molecular complexity index is 517. The number of hydrogen-bond acceptors (Lipinski definition) is 5. The van der Waals surface area contributed by atoms with Gasteiger partial charge in [0, 0.05) is 32.7 Å². The topological polar surface area (TPSA) is 82.3 Å². The number of ether oxygens (including phenoxy) is 1. The summed E-state index contributed by atoms with van der Waals surface area (Å²) in [5.41, 5.74) is -1.12. The van der Waals surface area contributed by atoms with Crippen molar-refractivity contribution in [3.05, 3.63) is 24.2 Å². The van der Waals surface area contributed by atoms with Crippen LogP contribution in [0.25, 0.3) is 0 Å². The minimum Gasteiger partial charge on any atom is -0.466 e. The average molecular weight is 480 g/mol. The number of nitrogens with one attached hydrogen (secondary N) is 2. The molecule has 1 fully saturated rings. The fraction of sp³-hybridized carbons (Fsp3) is 0.722. The number of nitrogens with zero attached hydrogens (tertiary/aromatic N) is 2. The van der Waals surface area contributed by atoms with E-state index >= 15 is 0 Å². The number of rotatable bonds is 8. The van der Waals surface area contributed by atoms with E-state index in [0.29, 0.717) is 17.6 Å². The first-order chi connectivity index (χ1) is 12.0. The van der Waals surface area contributed by atoms with Crippen molar-refractivity contribution in [3.63, 3.8) is 0 Å². The normalized spacial score (nSPS) is 19.3. The van der Waals surface area contributed by atoms with Gasteiger partial charge in [0.2, 0.25) is 0 Å². The zero-order valence-corrected chi connectivity index (χ0v) is 18.4. The Labute approximate surface area is 173 Å². The highest BCUT2D eigenvalue weighted by molar-refractivity contribution is 14.0. The first-order valence-corrected chi connectivity index (χ1v) is 9.10. The molecule has 1 aromatic rings. The molecule has 0 saturated carbocycles. The van der Waals surface area contributed by atoms with E-state index in [-0.39, 0.29) is 30.5 Å². The molecule has 1 aromatic heterocycles. The lowest BCUT2D eigenvalue weighted by Crippen LogP contribution is -2.44. The number of morpholine rings is 1. The third-order valence-corrected chi connectivity index (χ3v) is 4.23. The fourth-order valence-electron chi connectivity index (χ4n) is 2.80. The minimum absolute atomic E-state index is 0. The summed E-state index contributed by atoms with van der Waals surface area (Å²) in [7, 11) is 0. The predicted molar refractivity (Wildman–Crippen MR) is 114 cm³/mol. The Kier molecular flexibility index (Phi) is 10.5. The maximum Gasteiger partial charge on any atom is 0.191 e. The van der Waals surface area contributed by atoms with E-state index in [1.54, 1.807) is 25.3 Å². The van der Waals surface area contributed by atoms with Crippen LogP contribution in [0.1, 0.15) is 26.5 Å². The van der Waals surface area contributed by atoms with E-state index in [1.807, 2.05) is 6.92 Å². The lowest BCUT2D eigenvalue weighted by Gasteiger charge is -2.29. The second-order valence-electron chi connectivity index (χ2n) is 6.85. The van der Waals surface area contributed by atoms with Crippen LogP contribution in [-0.4, -0.2) is 68.4 Å². The molecule has 0 amide bonds. The second-order valence-corrected chi connectivity index (χ2v) is 6.85. The van der Waals surface area contributed by atoms with Gasteiger partial charge in [-0.05, 0) is 31.9 Å². The molecule has 2 heterocycles. The van der Waals surface area contributed by atoms with Gasteiger partial charge in [0.1, 0.15) is 11.4 Å². The molecule has 1 saturated heterocycles. The van der Waals surface area contributed by atoms with Crippen LogP contribution in [0, 0.1) is 5.92 Å². The monoisotopic (exact) mass is 480 g/mol. The molecule has 1 aliphatic rings. The van der Waals surface area contributed by atoms with Crippen molar-refractivity contribution in [2.45, 2.75) is 26.4 Å². The average Bonchev–Trinajstić information content (AvgIpc) is 3.14. The second kappa shape index (κ2) is 11.8. The molecule has 0 aliphatic carbocycles. The summed E-state index contributed by atoms with van der Waals surface area (Å²) < 4.78 is 10.7. The largest absolute Gasteiger partial charge is 0.466 e. The van der Waals surface area contributed by atoms with Crippen LogP contribution in [0.15, 0.2) is 27.8 Å². The third kappa shape index (κ3) is 7.81. The van der Waals surface area contributed by atoms with Gasteiger partial charge in [0.15, 0.2) is 5.96 Å². The van der Waals surface area contributed by atoms with Crippen LogP contribution < -0.4 is 10.6 Å². The van der Waals surface area contributed by atoms with E-state index in [2.05, 4.69) is 27.4 Å². The third-order valence-electron chi connectivity index (χ3n) is 4.23. The lowest BCUT2D eigenvalue weighted by molar-refractivity contribution is 0.0320. The van der Waals surface area contributed by atoms with Gasteiger partial charge in [-0.1, -0.05) is 6.92 Å². The van der Waals surface area contributed by atoms with E-state index in [0.717, 1.165) is 45.9 Å². The van der Waals surface area contributed by atoms with Crippen molar-refractivity contribution in [1.82, 2.24) is 15.5 Å². The van der Waals surface area contributed by atoms with Gasteiger partial charge in [0.05, 0.1) is 26.0 Å². The molecule has 1 aliphatic heterocycles.